The number of para-hydroxylation sites is 3. The molecule has 216 valence electrons. The van der Waals surface area contributed by atoms with Crippen LogP contribution < -0.4 is 5.46 Å². The van der Waals surface area contributed by atoms with Gasteiger partial charge in [0.1, 0.15) is 0 Å². The van der Waals surface area contributed by atoms with Gasteiger partial charge in [0.2, 0.25) is 0 Å². The van der Waals surface area contributed by atoms with Gasteiger partial charge in [-0.15, -0.1) is 0 Å². The first-order valence-corrected chi connectivity index (χ1v) is 14.8. The van der Waals surface area contributed by atoms with Crippen LogP contribution in [0.5, 0.6) is 0 Å². The molecule has 8 aromatic rings. The first-order chi connectivity index (χ1) is 21.2. The third-order valence-corrected chi connectivity index (χ3v) is 8.12. The zero-order valence-electron chi connectivity index (χ0n) is 24.6. The van der Waals surface area contributed by atoms with E-state index in [0.29, 0.717) is 5.46 Å². The minimum atomic E-state index is -1.52. The molecule has 44 heavy (non-hydrogen) atoms. The molecule has 0 radical (unpaired) electrons. The molecule has 0 unspecified atom stereocenters. The van der Waals surface area contributed by atoms with Gasteiger partial charge in [-0.05, 0) is 77.3 Å². The van der Waals surface area contributed by atoms with E-state index < -0.39 is 7.12 Å². The van der Waals surface area contributed by atoms with Crippen molar-refractivity contribution in [2.24, 2.45) is 0 Å². The van der Waals surface area contributed by atoms with Crippen molar-refractivity contribution in [2.45, 2.75) is 13.8 Å². The molecule has 0 aliphatic carbocycles. The summed E-state index contributed by atoms with van der Waals surface area (Å²) in [6.45, 7) is 4.00. The van der Waals surface area contributed by atoms with Gasteiger partial charge >= 0.3 is 7.12 Å². The maximum Gasteiger partial charge on any atom is 0.488 e. The van der Waals surface area contributed by atoms with Gasteiger partial charge in [0.05, 0.1) is 22.1 Å². The topological polar surface area (TPSA) is 50.3 Å². The third-order valence-electron chi connectivity index (χ3n) is 8.12. The highest BCUT2D eigenvalue weighted by Crippen LogP contribution is 2.38. The second-order valence-electron chi connectivity index (χ2n) is 10.5. The second-order valence-corrected chi connectivity index (χ2v) is 10.5. The lowest BCUT2D eigenvalue weighted by molar-refractivity contribution is 0.426. The summed E-state index contributed by atoms with van der Waals surface area (Å²) < 4.78 is 4.53. The van der Waals surface area contributed by atoms with Gasteiger partial charge in [0.25, 0.3) is 0 Å². The number of benzene rings is 6. The lowest BCUT2D eigenvalue weighted by Crippen LogP contribution is -2.29. The summed E-state index contributed by atoms with van der Waals surface area (Å²) in [5, 5.41) is 24.3. The van der Waals surface area contributed by atoms with Gasteiger partial charge in [0.15, 0.2) is 0 Å². The number of hydrogen-bond donors (Lipinski definition) is 2. The van der Waals surface area contributed by atoms with Crippen molar-refractivity contribution in [3.05, 3.63) is 140 Å². The van der Waals surface area contributed by atoms with Gasteiger partial charge in [-0.1, -0.05) is 92.7 Å². The van der Waals surface area contributed by atoms with Gasteiger partial charge in [0, 0.05) is 32.9 Å². The molecule has 0 aliphatic heterocycles. The van der Waals surface area contributed by atoms with Crippen LogP contribution in [0.1, 0.15) is 13.8 Å². The Morgan fingerprint density at radius 1 is 0.432 bits per heavy atom. The number of hydrogen-bond acceptors (Lipinski definition) is 2. The Morgan fingerprint density at radius 3 is 1.43 bits per heavy atom. The van der Waals surface area contributed by atoms with Crippen LogP contribution in [-0.4, -0.2) is 26.3 Å². The Kier molecular flexibility index (Phi) is 8.06. The first kappa shape index (κ1) is 29.3. The van der Waals surface area contributed by atoms with Crippen molar-refractivity contribution >= 4 is 69.7 Å². The van der Waals surface area contributed by atoms with E-state index in [2.05, 4.69) is 118 Å². The highest BCUT2D eigenvalue weighted by atomic mass is 32.1. The SMILES string of the molecule is CC.OB(O)c1cccc(-n2c3ccccc3c3cc(-c4ccc5c(c4)c4ccccc4n5-c4ccccc4)ccc32)c1.S. The summed E-state index contributed by atoms with van der Waals surface area (Å²) in [4.78, 5) is 0. The fraction of sp³-hybridized carbons (Fsp3) is 0.0526. The zero-order chi connectivity index (χ0) is 29.5. The van der Waals surface area contributed by atoms with E-state index in [1.54, 1.807) is 6.07 Å². The van der Waals surface area contributed by atoms with E-state index in [1.165, 1.54) is 21.8 Å². The Balaban J connectivity index is 0.00000112. The lowest BCUT2D eigenvalue weighted by atomic mass is 9.80. The highest BCUT2D eigenvalue weighted by Gasteiger charge is 2.17. The molecule has 0 fully saturated rings. The van der Waals surface area contributed by atoms with Crippen LogP contribution >= 0.6 is 13.5 Å². The van der Waals surface area contributed by atoms with E-state index in [0.717, 1.165) is 44.3 Å². The fourth-order valence-corrected chi connectivity index (χ4v) is 6.26. The zero-order valence-corrected chi connectivity index (χ0v) is 25.6. The van der Waals surface area contributed by atoms with Crippen LogP contribution in [0.25, 0.3) is 66.1 Å². The van der Waals surface area contributed by atoms with Crippen LogP contribution in [-0.2, 0) is 0 Å². The maximum absolute atomic E-state index is 9.79. The molecule has 8 rings (SSSR count). The standard InChI is InChI=1S/C36H25BN2O2.C2H6.H2S/c40-37(41)26-9-8-12-28(23-26)39-34-16-7-5-14-30(34)32-22-25(18-20-36(32)39)24-17-19-35-31(21-24)29-13-4-6-15-33(29)38(35)27-10-2-1-3-11-27;1-2;/h1-23,40-41H;1-2H3;1H2. The molecule has 0 saturated heterocycles. The molecule has 0 amide bonds. The van der Waals surface area contributed by atoms with Gasteiger partial charge < -0.3 is 19.2 Å². The second kappa shape index (κ2) is 12.1. The molecule has 2 aromatic heterocycles. The molecule has 0 atom stereocenters. The molecule has 6 heteroatoms. The van der Waals surface area contributed by atoms with E-state index >= 15 is 0 Å². The van der Waals surface area contributed by atoms with Crippen molar-refractivity contribution < 1.29 is 10.0 Å². The largest absolute Gasteiger partial charge is 0.488 e. The average Bonchev–Trinajstić information content (AvgIpc) is 3.58. The van der Waals surface area contributed by atoms with Crippen LogP contribution in [0.15, 0.2) is 140 Å². The fourth-order valence-electron chi connectivity index (χ4n) is 6.26. The molecule has 0 saturated carbocycles. The van der Waals surface area contributed by atoms with Crippen molar-refractivity contribution in [1.82, 2.24) is 9.13 Å². The molecular formula is C38H33BN2O2S. The molecule has 0 aliphatic rings. The smallest absolute Gasteiger partial charge is 0.423 e. The van der Waals surface area contributed by atoms with Crippen LogP contribution in [0.3, 0.4) is 0 Å². The average molecular weight is 593 g/mol. The summed E-state index contributed by atoms with van der Waals surface area (Å²) in [5.41, 5.74) is 9.35. The predicted octanol–water partition coefficient (Wildman–Crippen LogP) is 8.37. The van der Waals surface area contributed by atoms with Crippen molar-refractivity contribution in [1.29, 1.82) is 0 Å². The number of fused-ring (bicyclic) bond motifs is 6. The number of nitrogens with zero attached hydrogens (tertiary/aromatic N) is 2. The minimum Gasteiger partial charge on any atom is -0.423 e. The van der Waals surface area contributed by atoms with E-state index in [4.69, 9.17) is 0 Å². The number of aromatic nitrogens is 2. The van der Waals surface area contributed by atoms with E-state index in [1.807, 2.05) is 38.1 Å². The normalized spacial score (nSPS) is 11.0. The quantitative estimate of drug-likeness (QED) is 0.202. The lowest BCUT2D eigenvalue weighted by Gasteiger charge is -2.10. The van der Waals surface area contributed by atoms with Gasteiger partial charge in [-0.3, -0.25) is 0 Å². The van der Waals surface area contributed by atoms with Crippen LogP contribution in [0, 0.1) is 0 Å². The summed E-state index contributed by atoms with van der Waals surface area (Å²) in [5.74, 6) is 0. The van der Waals surface area contributed by atoms with Crippen molar-refractivity contribution in [2.75, 3.05) is 0 Å². The Morgan fingerprint density at radius 2 is 0.886 bits per heavy atom. The summed E-state index contributed by atoms with van der Waals surface area (Å²) >= 11 is 0. The Labute approximate surface area is 264 Å². The third kappa shape index (κ3) is 4.78. The van der Waals surface area contributed by atoms with Gasteiger partial charge in [-0.2, -0.15) is 13.5 Å². The summed E-state index contributed by atoms with van der Waals surface area (Å²) in [6.07, 6.45) is 0. The van der Waals surface area contributed by atoms with Crippen molar-refractivity contribution in [3.8, 4) is 22.5 Å². The molecule has 2 N–H and O–H groups in total. The maximum atomic E-state index is 9.79. The van der Waals surface area contributed by atoms with E-state index in [9.17, 15) is 10.0 Å². The van der Waals surface area contributed by atoms with Crippen LogP contribution in [0.4, 0.5) is 0 Å². The molecule has 2 heterocycles. The van der Waals surface area contributed by atoms with Crippen LogP contribution in [0.2, 0.25) is 0 Å². The van der Waals surface area contributed by atoms with Gasteiger partial charge in [-0.25, -0.2) is 0 Å². The summed E-state index contributed by atoms with van der Waals surface area (Å²) in [7, 11) is -1.52. The molecule has 4 nitrogen and oxygen atoms in total. The monoisotopic (exact) mass is 592 g/mol. The molecule has 0 spiro atoms. The first-order valence-electron chi connectivity index (χ1n) is 14.8. The Bertz CT molecular complexity index is 2250. The molecule has 0 bridgehead atoms. The van der Waals surface area contributed by atoms with E-state index in [-0.39, 0.29) is 13.5 Å². The molecular weight excluding hydrogens is 559 g/mol. The van der Waals surface area contributed by atoms with Crippen molar-refractivity contribution in [3.63, 3.8) is 0 Å². The Hall–Kier alpha value is -4.75. The predicted molar refractivity (Wildman–Crippen MR) is 192 cm³/mol. The molecule has 6 aromatic carbocycles. The number of rotatable bonds is 4. The summed E-state index contributed by atoms with van der Waals surface area (Å²) in [6, 6.07) is 48.3. The highest BCUT2D eigenvalue weighted by molar-refractivity contribution is 7.59. The minimum absolute atomic E-state index is 0.